The molecule has 8 nitrogen and oxygen atoms in total. The largest absolute Gasteiger partial charge is 0.480 e. The molecule has 1 amide bonds. The second kappa shape index (κ2) is 8.94. The Bertz CT molecular complexity index is 871. The van der Waals surface area contributed by atoms with Crippen molar-refractivity contribution >= 4 is 34.2 Å². The Morgan fingerprint density at radius 3 is 2.39 bits per heavy atom. The maximum absolute atomic E-state index is 12.9. The number of nitrogens with zero attached hydrogens (tertiary/aromatic N) is 1. The van der Waals surface area contributed by atoms with Gasteiger partial charge in [-0.25, -0.2) is 9.59 Å². The van der Waals surface area contributed by atoms with Crippen LogP contribution in [0.1, 0.15) is 36.0 Å². The van der Waals surface area contributed by atoms with Crippen LogP contribution in [-0.2, 0) is 19.1 Å². The van der Waals surface area contributed by atoms with Crippen molar-refractivity contribution in [1.29, 1.82) is 0 Å². The van der Waals surface area contributed by atoms with Crippen LogP contribution in [0.3, 0.4) is 0 Å². The van der Waals surface area contributed by atoms with Gasteiger partial charge in [0.25, 0.3) is 5.91 Å². The van der Waals surface area contributed by atoms with Crippen LogP contribution >= 0.6 is 11.3 Å². The maximum Gasteiger partial charge on any atom is 0.342 e. The zero-order valence-electron chi connectivity index (χ0n) is 16.1. The number of aryl methyl sites for hydroxylation is 1. The summed E-state index contributed by atoms with van der Waals surface area (Å²) in [5.74, 6) is -2.30. The molecule has 2 N–H and O–H groups in total. The third-order valence-corrected chi connectivity index (χ3v) is 4.39. The molecule has 0 saturated carbocycles. The Morgan fingerprint density at radius 1 is 1.18 bits per heavy atom. The fourth-order valence-corrected chi connectivity index (χ4v) is 3.50. The van der Waals surface area contributed by atoms with Gasteiger partial charge in [0.05, 0.1) is 0 Å². The molecule has 0 aliphatic rings. The molecule has 2 aromatic heterocycles. The molecule has 0 bridgehead atoms. The number of carboxylic acids is 1. The van der Waals surface area contributed by atoms with Gasteiger partial charge in [-0.2, -0.15) is 0 Å². The smallest absolute Gasteiger partial charge is 0.342 e. The zero-order valence-corrected chi connectivity index (χ0v) is 16.9. The average Bonchev–Trinajstić information content (AvgIpc) is 2.89. The average molecular weight is 406 g/mol. The zero-order chi connectivity index (χ0) is 20.9. The SMILES string of the molecule is Cc1sc(NC(=O)COCC(=O)O)c(C(=O)OC(C)(C)C)c1-c1ccncc1. The lowest BCUT2D eigenvalue weighted by atomic mass is 10.0. The Morgan fingerprint density at radius 2 is 1.82 bits per heavy atom. The number of esters is 1. The number of hydrogen-bond acceptors (Lipinski definition) is 7. The number of aromatic nitrogens is 1. The minimum Gasteiger partial charge on any atom is -0.480 e. The van der Waals surface area contributed by atoms with Crippen molar-refractivity contribution in [1.82, 2.24) is 4.98 Å². The number of amides is 1. The second-order valence-corrected chi connectivity index (χ2v) is 8.13. The van der Waals surface area contributed by atoms with Crippen LogP contribution in [0.4, 0.5) is 5.00 Å². The van der Waals surface area contributed by atoms with Crippen molar-refractivity contribution in [2.45, 2.75) is 33.3 Å². The van der Waals surface area contributed by atoms with Crippen molar-refractivity contribution in [3.63, 3.8) is 0 Å². The molecule has 0 aliphatic carbocycles. The number of rotatable bonds is 7. The molecule has 150 valence electrons. The van der Waals surface area contributed by atoms with Crippen LogP contribution in [0.15, 0.2) is 24.5 Å². The lowest BCUT2D eigenvalue weighted by molar-refractivity contribution is -0.143. The third-order valence-electron chi connectivity index (χ3n) is 3.37. The summed E-state index contributed by atoms with van der Waals surface area (Å²) in [6.07, 6.45) is 3.23. The van der Waals surface area contributed by atoms with E-state index in [9.17, 15) is 14.4 Å². The Balaban J connectivity index is 2.38. The van der Waals surface area contributed by atoms with Crippen molar-refractivity contribution in [3.05, 3.63) is 35.0 Å². The van der Waals surface area contributed by atoms with Crippen molar-refractivity contribution in [2.24, 2.45) is 0 Å². The molecule has 0 fully saturated rings. The van der Waals surface area contributed by atoms with Gasteiger partial charge in [0.15, 0.2) is 0 Å². The van der Waals surface area contributed by atoms with E-state index in [1.54, 1.807) is 45.3 Å². The molecule has 0 unspecified atom stereocenters. The molecule has 0 radical (unpaired) electrons. The Labute approximate surface area is 166 Å². The van der Waals surface area contributed by atoms with Gasteiger partial charge < -0.3 is 19.9 Å². The van der Waals surface area contributed by atoms with E-state index in [2.05, 4.69) is 10.3 Å². The van der Waals surface area contributed by atoms with Gasteiger partial charge in [0, 0.05) is 22.8 Å². The summed E-state index contributed by atoms with van der Waals surface area (Å²) < 4.78 is 10.3. The fourth-order valence-electron chi connectivity index (χ4n) is 2.42. The molecule has 0 atom stereocenters. The van der Waals surface area contributed by atoms with Gasteiger partial charge in [-0.15, -0.1) is 11.3 Å². The number of carboxylic acid groups (broad SMARTS) is 1. The lowest BCUT2D eigenvalue weighted by Gasteiger charge is -2.20. The Kier molecular flexibility index (Phi) is 6.87. The van der Waals surface area contributed by atoms with Crippen LogP contribution < -0.4 is 5.32 Å². The van der Waals surface area contributed by atoms with E-state index in [0.29, 0.717) is 10.6 Å². The van der Waals surface area contributed by atoms with E-state index in [0.717, 1.165) is 10.4 Å². The molecule has 28 heavy (non-hydrogen) atoms. The molecule has 9 heteroatoms. The predicted molar refractivity (Wildman–Crippen MR) is 105 cm³/mol. The summed E-state index contributed by atoms with van der Waals surface area (Å²) in [6, 6.07) is 3.54. The van der Waals surface area contributed by atoms with Gasteiger partial charge >= 0.3 is 11.9 Å². The lowest BCUT2D eigenvalue weighted by Crippen LogP contribution is -2.25. The molecule has 2 rings (SSSR count). The number of pyridine rings is 1. The minimum absolute atomic E-state index is 0.246. The topological polar surface area (TPSA) is 115 Å². The minimum atomic E-state index is -1.17. The number of aliphatic carboxylic acids is 1. The highest BCUT2D eigenvalue weighted by Crippen LogP contribution is 2.40. The highest BCUT2D eigenvalue weighted by molar-refractivity contribution is 7.17. The number of thiophene rings is 1. The summed E-state index contributed by atoms with van der Waals surface area (Å²) in [4.78, 5) is 40.3. The van der Waals surface area contributed by atoms with Crippen molar-refractivity contribution in [2.75, 3.05) is 18.5 Å². The fraction of sp³-hybridized carbons (Fsp3) is 0.368. The maximum atomic E-state index is 12.9. The molecule has 2 heterocycles. The molecular weight excluding hydrogens is 384 g/mol. The number of carbonyl (C=O) groups is 3. The number of hydrogen-bond donors (Lipinski definition) is 2. The molecule has 0 aromatic carbocycles. The number of anilines is 1. The van der Waals surface area contributed by atoms with Crippen LogP contribution in [0.25, 0.3) is 11.1 Å². The summed E-state index contributed by atoms with van der Waals surface area (Å²) >= 11 is 1.23. The summed E-state index contributed by atoms with van der Waals surface area (Å²) in [5.41, 5.74) is 0.958. The summed E-state index contributed by atoms with van der Waals surface area (Å²) in [5, 5.41) is 11.5. The Hall–Kier alpha value is -2.78. The second-order valence-electron chi connectivity index (χ2n) is 6.91. The van der Waals surface area contributed by atoms with E-state index < -0.39 is 36.7 Å². The first kappa shape index (κ1) is 21.5. The molecule has 0 aliphatic heterocycles. The van der Waals surface area contributed by atoms with Crippen LogP contribution in [0, 0.1) is 6.92 Å². The first-order valence-electron chi connectivity index (χ1n) is 8.45. The summed E-state index contributed by atoms with van der Waals surface area (Å²) in [7, 11) is 0. The predicted octanol–water partition coefficient (Wildman–Crippen LogP) is 3.11. The first-order valence-corrected chi connectivity index (χ1v) is 9.26. The number of ether oxygens (including phenoxy) is 2. The molecule has 0 saturated heterocycles. The van der Waals surface area contributed by atoms with E-state index in [-0.39, 0.29) is 5.56 Å². The summed E-state index contributed by atoms with van der Waals surface area (Å²) in [6.45, 7) is 6.08. The molecular formula is C19H22N2O6S. The number of carbonyl (C=O) groups excluding carboxylic acids is 2. The van der Waals surface area contributed by atoms with Gasteiger partial charge in [-0.3, -0.25) is 9.78 Å². The van der Waals surface area contributed by atoms with Crippen LogP contribution in [0.2, 0.25) is 0 Å². The monoisotopic (exact) mass is 406 g/mol. The van der Waals surface area contributed by atoms with Crippen molar-refractivity contribution < 1.29 is 29.0 Å². The van der Waals surface area contributed by atoms with Gasteiger partial charge in [0.2, 0.25) is 0 Å². The van der Waals surface area contributed by atoms with Gasteiger partial charge in [-0.1, -0.05) is 0 Å². The standard InChI is InChI=1S/C19H22N2O6S/c1-11-15(12-5-7-20-8-6-12)16(18(25)27-19(2,3)4)17(28-11)21-13(22)9-26-10-14(23)24/h5-8H,9-10H2,1-4H3,(H,21,22)(H,23,24). The van der Waals surface area contributed by atoms with E-state index in [1.165, 1.54) is 11.3 Å². The van der Waals surface area contributed by atoms with Gasteiger partial charge in [-0.05, 0) is 45.4 Å². The molecule has 0 spiro atoms. The third kappa shape index (κ3) is 5.86. The highest BCUT2D eigenvalue weighted by atomic mass is 32.1. The highest BCUT2D eigenvalue weighted by Gasteiger charge is 2.28. The van der Waals surface area contributed by atoms with E-state index >= 15 is 0 Å². The van der Waals surface area contributed by atoms with Crippen LogP contribution in [0.5, 0.6) is 0 Å². The quantitative estimate of drug-likeness (QED) is 0.679. The first-order chi connectivity index (χ1) is 13.1. The molecule has 2 aromatic rings. The normalized spacial score (nSPS) is 11.1. The van der Waals surface area contributed by atoms with Crippen molar-refractivity contribution in [3.8, 4) is 11.1 Å². The number of nitrogens with one attached hydrogen (secondary N) is 1. The van der Waals surface area contributed by atoms with Crippen LogP contribution in [-0.4, -0.2) is 46.8 Å². The van der Waals surface area contributed by atoms with E-state index in [1.807, 2.05) is 6.92 Å². The van der Waals surface area contributed by atoms with E-state index in [4.69, 9.17) is 14.6 Å². The van der Waals surface area contributed by atoms with Gasteiger partial charge in [0.1, 0.15) is 29.4 Å².